The van der Waals surface area contributed by atoms with Gasteiger partial charge in [0.15, 0.2) is 0 Å². The molecule has 3 nitrogen and oxygen atoms in total. The largest absolute Gasteiger partial charge is 0.399 e. The van der Waals surface area contributed by atoms with E-state index in [0.717, 1.165) is 42.1 Å². The fraction of sp³-hybridized carbons (Fsp3) is 0.588. The Kier molecular flexibility index (Phi) is 2.76. The average Bonchev–Trinajstić information content (AvgIpc) is 3.04. The van der Waals surface area contributed by atoms with Crippen molar-refractivity contribution in [3.8, 4) is 0 Å². The van der Waals surface area contributed by atoms with Crippen LogP contribution in [0, 0.1) is 17.8 Å². The third-order valence-electron chi connectivity index (χ3n) is 5.61. The van der Waals surface area contributed by atoms with E-state index in [4.69, 9.17) is 5.73 Å². The Labute approximate surface area is 120 Å². The van der Waals surface area contributed by atoms with Crippen LogP contribution in [0.25, 0.3) is 0 Å². The van der Waals surface area contributed by atoms with Gasteiger partial charge < -0.3 is 10.6 Å². The molecule has 0 spiro atoms. The van der Waals surface area contributed by atoms with Crippen LogP contribution < -0.4 is 10.6 Å². The maximum Gasteiger partial charge on any atom is 0.227 e. The van der Waals surface area contributed by atoms with Gasteiger partial charge in [-0.15, -0.1) is 0 Å². The summed E-state index contributed by atoms with van der Waals surface area (Å²) in [6.07, 6.45) is 7.01. The molecular formula is C17H22N2O. The van der Waals surface area contributed by atoms with Gasteiger partial charge >= 0.3 is 0 Å². The second-order valence-electron chi connectivity index (χ2n) is 6.83. The number of carbonyl (C=O) groups excluding carboxylic acids is 1. The van der Waals surface area contributed by atoms with Gasteiger partial charge in [-0.05, 0) is 67.2 Å². The Morgan fingerprint density at radius 2 is 2.10 bits per heavy atom. The second-order valence-corrected chi connectivity index (χ2v) is 6.83. The van der Waals surface area contributed by atoms with Crippen molar-refractivity contribution in [1.82, 2.24) is 0 Å². The number of fused-ring (bicyclic) bond motifs is 3. The lowest BCUT2D eigenvalue weighted by atomic mass is 9.87. The molecule has 3 unspecified atom stereocenters. The van der Waals surface area contributed by atoms with E-state index in [-0.39, 0.29) is 0 Å². The highest BCUT2D eigenvalue weighted by atomic mass is 16.2. The molecule has 2 bridgehead atoms. The molecule has 2 N–H and O–H groups in total. The van der Waals surface area contributed by atoms with Gasteiger partial charge in [-0.25, -0.2) is 0 Å². The molecule has 2 saturated carbocycles. The lowest BCUT2D eigenvalue weighted by Gasteiger charge is -2.34. The summed E-state index contributed by atoms with van der Waals surface area (Å²) in [7, 11) is 0. The third-order valence-corrected chi connectivity index (χ3v) is 5.61. The summed E-state index contributed by atoms with van der Waals surface area (Å²) < 4.78 is 0. The van der Waals surface area contributed by atoms with Crippen molar-refractivity contribution in [2.45, 2.75) is 38.5 Å². The molecule has 0 radical (unpaired) electrons. The van der Waals surface area contributed by atoms with Gasteiger partial charge in [-0.1, -0.05) is 6.42 Å². The quantitative estimate of drug-likeness (QED) is 0.840. The van der Waals surface area contributed by atoms with E-state index in [2.05, 4.69) is 0 Å². The molecule has 1 aliphatic heterocycles. The number of aryl methyl sites for hydroxylation is 1. The number of rotatable bonds is 2. The summed E-state index contributed by atoms with van der Waals surface area (Å²) in [5.74, 6) is 2.83. The molecule has 1 aromatic carbocycles. The van der Waals surface area contributed by atoms with Crippen LogP contribution in [-0.2, 0) is 11.2 Å². The van der Waals surface area contributed by atoms with Gasteiger partial charge in [0, 0.05) is 24.3 Å². The van der Waals surface area contributed by atoms with Crippen molar-refractivity contribution < 1.29 is 4.79 Å². The van der Waals surface area contributed by atoms with Gasteiger partial charge in [0.05, 0.1) is 0 Å². The van der Waals surface area contributed by atoms with E-state index in [9.17, 15) is 4.79 Å². The molecule has 1 amide bonds. The highest BCUT2D eigenvalue weighted by molar-refractivity contribution is 5.96. The molecule has 0 saturated heterocycles. The monoisotopic (exact) mass is 270 g/mol. The number of nitrogen functional groups attached to an aromatic ring is 1. The number of anilines is 2. The normalized spacial score (nSPS) is 31.7. The Morgan fingerprint density at radius 3 is 2.85 bits per heavy atom. The fourth-order valence-corrected chi connectivity index (χ4v) is 4.61. The van der Waals surface area contributed by atoms with E-state index >= 15 is 0 Å². The van der Waals surface area contributed by atoms with E-state index in [1.54, 1.807) is 0 Å². The van der Waals surface area contributed by atoms with Crippen molar-refractivity contribution in [1.29, 1.82) is 0 Å². The smallest absolute Gasteiger partial charge is 0.227 e. The van der Waals surface area contributed by atoms with Crippen LogP contribution in [0.15, 0.2) is 18.2 Å². The van der Waals surface area contributed by atoms with Crippen LogP contribution in [-0.4, -0.2) is 12.5 Å². The highest BCUT2D eigenvalue weighted by Crippen LogP contribution is 2.49. The van der Waals surface area contributed by atoms with Crippen LogP contribution in [0.2, 0.25) is 0 Å². The van der Waals surface area contributed by atoms with Gasteiger partial charge in [0.2, 0.25) is 5.91 Å². The van der Waals surface area contributed by atoms with Crippen LogP contribution >= 0.6 is 0 Å². The molecule has 3 atom stereocenters. The summed E-state index contributed by atoms with van der Waals surface area (Å²) >= 11 is 0. The van der Waals surface area contributed by atoms with Crippen molar-refractivity contribution in [2.75, 3.05) is 17.2 Å². The predicted molar refractivity (Wildman–Crippen MR) is 80.5 cm³/mol. The summed E-state index contributed by atoms with van der Waals surface area (Å²) in [5.41, 5.74) is 9.03. The molecule has 2 fully saturated rings. The first-order valence-corrected chi connectivity index (χ1v) is 7.89. The Morgan fingerprint density at radius 1 is 1.20 bits per heavy atom. The van der Waals surface area contributed by atoms with E-state index in [1.165, 1.54) is 31.2 Å². The second kappa shape index (κ2) is 4.51. The standard InChI is InChI=1S/C17H22N2O/c18-15-4-5-16-13(9-15)3-6-17(20)19(16)10-14-8-11-1-2-12(14)7-11/h4-5,9,11-12,14H,1-3,6-8,10,18H2. The van der Waals surface area contributed by atoms with Crippen LogP contribution in [0.5, 0.6) is 0 Å². The highest BCUT2D eigenvalue weighted by Gasteiger charge is 2.41. The van der Waals surface area contributed by atoms with Crippen LogP contribution in [0.1, 0.15) is 37.7 Å². The maximum atomic E-state index is 12.3. The number of carbonyl (C=O) groups is 1. The number of hydrogen-bond acceptors (Lipinski definition) is 2. The van der Waals surface area contributed by atoms with Crippen molar-refractivity contribution in [3.63, 3.8) is 0 Å². The van der Waals surface area contributed by atoms with E-state index in [1.807, 2.05) is 23.1 Å². The third kappa shape index (κ3) is 1.91. The first-order chi connectivity index (χ1) is 9.70. The molecule has 2 aliphatic carbocycles. The van der Waals surface area contributed by atoms with E-state index in [0.29, 0.717) is 12.3 Å². The van der Waals surface area contributed by atoms with Gasteiger partial charge in [-0.3, -0.25) is 4.79 Å². The number of benzene rings is 1. The minimum Gasteiger partial charge on any atom is -0.399 e. The minimum absolute atomic E-state index is 0.296. The zero-order valence-electron chi connectivity index (χ0n) is 11.8. The summed E-state index contributed by atoms with van der Waals surface area (Å²) in [4.78, 5) is 14.4. The van der Waals surface area contributed by atoms with Crippen molar-refractivity contribution >= 4 is 17.3 Å². The molecule has 106 valence electrons. The lowest BCUT2D eigenvalue weighted by Crippen LogP contribution is -2.40. The zero-order valence-corrected chi connectivity index (χ0v) is 11.8. The van der Waals surface area contributed by atoms with Crippen LogP contribution in [0.4, 0.5) is 11.4 Å². The van der Waals surface area contributed by atoms with Crippen LogP contribution in [0.3, 0.4) is 0 Å². The number of nitrogens with two attached hydrogens (primary N) is 1. The Hall–Kier alpha value is -1.51. The predicted octanol–water partition coefficient (Wildman–Crippen LogP) is 2.98. The Bertz CT molecular complexity index is 554. The molecule has 0 aromatic heterocycles. The summed E-state index contributed by atoms with van der Waals surface area (Å²) in [6.45, 7) is 0.927. The lowest BCUT2D eigenvalue weighted by molar-refractivity contribution is -0.119. The van der Waals surface area contributed by atoms with E-state index < -0.39 is 0 Å². The molecule has 1 heterocycles. The molecule has 4 rings (SSSR count). The zero-order chi connectivity index (χ0) is 13.7. The Balaban J connectivity index is 1.59. The first-order valence-electron chi connectivity index (χ1n) is 7.89. The first kappa shape index (κ1) is 12.2. The molecule has 3 heteroatoms. The van der Waals surface area contributed by atoms with Gasteiger partial charge in [0.1, 0.15) is 0 Å². The average molecular weight is 270 g/mol. The van der Waals surface area contributed by atoms with Gasteiger partial charge in [0.25, 0.3) is 0 Å². The SMILES string of the molecule is Nc1ccc2c(c1)CCC(=O)N2CC1CC2CCC1C2. The number of hydrogen-bond donors (Lipinski definition) is 1. The minimum atomic E-state index is 0.296. The summed E-state index contributed by atoms with van der Waals surface area (Å²) in [5, 5.41) is 0. The van der Waals surface area contributed by atoms with Gasteiger partial charge in [-0.2, -0.15) is 0 Å². The van der Waals surface area contributed by atoms with Crippen molar-refractivity contribution in [3.05, 3.63) is 23.8 Å². The topological polar surface area (TPSA) is 46.3 Å². The molecule has 3 aliphatic rings. The molecule has 1 aromatic rings. The fourth-order valence-electron chi connectivity index (χ4n) is 4.61. The molecule has 20 heavy (non-hydrogen) atoms. The summed E-state index contributed by atoms with van der Waals surface area (Å²) in [6, 6.07) is 6.00. The number of amides is 1. The maximum absolute atomic E-state index is 12.3. The number of nitrogens with zero attached hydrogens (tertiary/aromatic N) is 1. The molecular weight excluding hydrogens is 248 g/mol. The van der Waals surface area contributed by atoms with Crippen molar-refractivity contribution in [2.24, 2.45) is 17.8 Å².